The summed E-state index contributed by atoms with van der Waals surface area (Å²) < 4.78 is 53.8. The fourth-order valence-electron chi connectivity index (χ4n) is 2.67. The number of nitrogens with zero attached hydrogens (tertiary/aromatic N) is 2. The van der Waals surface area contributed by atoms with Gasteiger partial charge in [0.25, 0.3) is 0 Å². The molecule has 2 aromatic carbocycles. The number of halogens is 2. The molecular formula is C16H16F2N2O2S. The summed E-state index contributed by atoms with van der Waals surface area (Å²) in [6, 6.07) is 11.7. The number of hydrogen-bond donors (Lipinski definition) is 0. The number of anilines is 1. The molecule has 3 rings (SSSR count). The molecule has 0 amide bonds. The molecule has 0 unspecified atom stereocenters. The first-order chi connectivity index (χ1) is 11.0. The topological polar surface area (TPSA) is 40.6 Å². The Kier molecular flexibility index (Phi) is 4.32. The van der Waals surface area contributed by atoms with Gasteiger partial charge >= 0.3 is 0 Å². The highest BCUT2D eigenvalue weighted by molar-refractivity contribution is 7.89. The number of hydrogen-bond acceptors (Lipinski definition) is 3. The van der Waals surface area contributed by atoms with Crippen molar-refractivity contribution in [2.24, 2.45) is 0 Å². The summed E-state index contributed by atoms with van der Waals surface area (Å²) in [6.07, 6.45) is 0. The minimum Gasteiger partial charge on any atom is -0.367 e. The van der Waals surface area contributed by atoms with E-state index in [9.17, 15) is 17.2 Å². The third kappa shape index (κ3) is 3.07. The second kappa shape index (κ2) is 6.25. The van der Waals surface area contributed by atoms with Gasteiger partial charge in [-0.25, -0.2) is 17.2 Å². The van der Waals surface area contributed by atoms with Crippen LogP contribution in [-0.4, -0.2) is 38.9 Å². The SMILES string of the molecule is O=S(=O)(c1ccccc1F)N1CCN(c2ccccc2F)CC1. The number of piperazine rings is 1. The second-order valence-corrected chi connectivity index (χ2v) is 7.18. The molecule has 1 heterocycles. The Morgan fingerprint density at radius 1 is 0.783 bits per heavy atom. The molecule has 1 saturated heterocycles. The van der Waals surface area contributed by atoms with Gasteiger partial charge in [0.05, 0.1) is 5.69 Å². The van der Waals surface area contributed by atoms with Crippen molar-refractivity contribution in [3.8, 4) is 0 Å². The summed E-state index contributed by atoms with van der Waals surface area (Å²) in [5.41, 5.74) is 0.454. The molecule has 2 aromatic rings. The molecule has 7 heteroatoms. The minimum atomic E-state index is -3.87. The highest BCUT2D eigenvalue weighted by Gasteiger charge is 2.30. The van der Waals surface area contributed by atoms with Crippen molar-refractivity contribution in [2.75, 3.05) is 31.1 Å². The van der Waals surface area contributed by atoms with E-state index in [0.29, 0.717) is 18.8 Å². The van der Waals surface area contributed by atoms with Crippen molar-refractivity contribution in [1.82, 2.24) is 4.31 Å². The van der Waals surface area contributed by atoms with E-state index in [0.717, 1.165) is 6.07 Å². The largest absolute Gasteiger partial charge is 0.367 e. The molecule has 23 heavy (non-hydrogen) atoms. The smallest absolute Gasteiger partial charge is 0.246 e. The third-order valence-corrected chi connectivity index (χ3v) is 5.82. The standard InChI is InChI=1S/C16H16F2N2O2S/c17-13-5-1-3-7-15(13)19-9-11-20(12-10-19)23(21,22)16-8-4-2-6-14(16)18/h1-8H,9-12H2. The quantitative estimate of drug-likeness (QED) is 0.863. The maximum Gasteiger partial charge on any atom is 0.246 e. The van der Waals surface area contributed by atoms with Gasteiger partial charge in [-0.1, -0.05) is 24.3 Å². The summed E-state index contributed by atoms with van der Waals surface area (Å²) in [4.78, 5) is 1.47. The number of benzene rings is 2. The fraction of sp³-hybridized carbons (Fsp3) is 0.250. The zero-order valence-corrected chi connectivity index (χ0v) is 13.1. The monoisotopic (exact) mass is 338 g/mol. The van der Waals surface area contributed by atoms with E-state index >= 15 is 0 Å². The van der Waals surface area contributed by atoms with Crippen LogP contribution in [0.2, 0.25) is 0 Å². The average Bonchev–Trinajstić information content (AvgIpc) is 2.56. The molecule has 0 aromatic heterocycles. The lowest BCUT2D eigenvalue weighted by atomic mass is 10.2. The van der Waals surface area contributed by atoms with Gasteiger partial charge in [-0.05, 0) is 24.3 Å². The van der Waals surface area contributed by atoms with Crippen molar-refractivity contribution >= 4 is 15.7 Å². The van der Waals surface area contributed by atoms with Crippen LogP contribution >= 0.6 is 0 Å². The third-order valence-electron chi connectivity index (χ3n) is 3.89. The lowest BCUT2D eigenvalue weighted by Crippen LogP contribution is -2.49. The first-order valence-corrected chi connectivity index (χ1v) is 8.68. The predicted octanol–water partition coefficient (Wildman–Crippen LogP) is 2.48. The molecule has 1 aliphatic heterocycles. The van der Waals surface area contributed by atoms with Gasteiger partial charge in [-0.15, -0.1) is 0 Å². The summed E-state index contributed by atoms with van der Waals surface area (Å²) >= 11 is 0. The second-order valence-electron chi connectivity index (χ2n) is 5.27. The Balaban J connectivity index is 1.77. The first-order valence-electron chi connectivity index (χ1n) is 7.24. The van der Waals surface area contributed by atoms with E-state index in [1.807, 2.05) is 0 Å². The van der Waals surface area contributed by atoms with Crippen LogP contribution in [0.1, 0.15) is 0 Å². The van der Waals surface area contributed by atoms with E-state index in [-0.39, 0.29) is 23.8 Å². The molecular weight excluding hydrogens is 322 g/mol. The van der Waals surface area contributed by atoms with Gasteiger partial charge in [0, 0.05) is 26.2 Å². The predicted molar refractivity (Wildman–Crippen MR) is 83.8 cm³/mol. The van der Waals surface area contributed by atoms with Crippen LogP contribution in [0.4, 0.5) is 14.5 Å². The molecule has 4 nitrogen and oxygen atoms in total. The molecule has 1 aliphatic rings. The van der Waals surface area contributed by atoms with E-state index in [1.165, 1.54) is 28.6 Å². The first kappa shape index (κ1) is 15.9. The normalized spacial score (nSPS) is 16.5. The molecule has 0 atom stereocenters. The lowest BCUT2D eigenvalue weighted by Gasteiger charge is -2.35. The molecule has 1 fully saturated rings. The van der Waals surface area contributed by atoms with E-state index < -0.39 is 15.8 Å². The van der Waals surface area contributed by atoms with E-state index in [1.54, 1.807) is 23.1 Å². The highest BCUT2D eigenvalue weighted by Crippen LogP contribution is 2.24. The van der Waals surface area contributed by atoms with Crippen LogP contribution in [0.3, 0.4) is 0 Å². The molecule has 122 valence electrons. The van der Waals surface area contributed by atoms with Crippen LogP contribution in [0.15, 0.2) is 53.4 Å². The van der Waals surface area contributed by atoms with Crippen molar-refractivity contribution in [1.29, 1.82) is 0 Å². The Labute approximate surface area is 134 Å². The maximum atomic E-state index is 13.8. The van der Waals surface area contributed by atoms with Crippen LogP contribution in [0.25, 0.3) is 0 Å². The van der Waals surface area contributed by atoms with Gasteiger partial charge in [0.1, 0.15) is 16.5 Å². The molecule has 0 spiro atoms. The highest BCUT2D eigenvalue weighted by atomic mass is 32.2. The zero-order chi connectivity index (χ0) is 16.4. The van der Waals surface area contributed by atoms with Crippen molar-refractivity contribution < 1.29 is 17.2 Å². The summed E-state index contributed by atoms with van der Waals surface area (Å²) in [5.74, 6) is -1.10. The van der Waals surface area contributed by atoms with Crippen molar-refractivity contribution in [2.45, 2.75) is 4.90 Å². The molecule has 0 aliphatic carbocycles. The van der Waals surface area contributed by atoms with Gasteiger partial charge in [0.15, 0.2) is 0 Å². The Morgan fingerprint density at radius 2 is 1.35 bits per heavy atom. The summed E-state index contributed by atoms with van der Waals surface area (Å²) in [7, 11) is -3.87. The van der Waals surface area contributed by atoms with Crippen LogP contribution in [0.5, 0.6) is 0 Å². The Hall–Kier alpha value is -1.99. The number of para-hydroxylation sites is 1. The van der Waals surface area contributed by atoms with Crippen molar-refractivity contribution in [3.05, 3.63) is 60.2 Å². The van der Waals surface area contributed by atoms with E-state index in [2.05, 4.69) is 0 Å². The molecule has 0 bridgehead atoms. The minimum absolute atomic E-state index is 0.186. The Bertz CT molecular complexity index is 803. The van der Waals surface area contributed by atoms with Crippen molar-refractivity contribution in [3.63, 3.8) is 0 Å². The zero-order valence-electron chi connectivity index (χ0n) is 12.3. The van der Waals surface area contributed by atoms with Gasteiger partial charge in [-0.3, -0.25) is 0 Å². The van der Waals surface area contributed by atoms with Gasteiger partial charge < -0.3 is 4.90 Å². The number of sulfonamides is 1. The molecule has 0 N–H and O–H groups in total. The summed E-state index contributed by atoms with van der Waals surface area (Å²) in [6.45, 7) is 1.08. The maximum absolute atomic E-state index is 13.8. The molecule has 0 radical (unpaired) electrons. The average molecular weight is 338 g/mol. The summed E-state index contributed by atoms with van der Waals surface area (Å²) in [5, 5.41) is 0. The lowest BCUT2D eigenvalue weighted by molar-refractivity contribution is 0.381. The van der Waals surface area contributed by atoms with Crippen LogP contribution < -0.4 is 4.90 Å². The van der Waals surface area contributed by atoms with Gasteiger partial charge in [-0.2, -0.15) is 4.31 Å². The van der Waals surface area contributed by atoms with Crippen LogP contribution in [-0.2, 0) is 10.0 Å². The molecule has 0 saturated carbocycles. The van der Waals surface area contributed by atoms with Gasteiger partial charge in [0.2, 0.25) is 10.0 Å². The number of rotatable bonds is 3. The Morgan fingerprint density at radius 3 is 1.96 bits per heavy atom. The van der Waals surface area contributed by atoms with Crippen LogP contribution in [0, 0.1) is 11.6 Å². The fourth-order valence-corrected chi connectivity index (χ4v) is 4.16. The van der Waals surface area contributed by atoms with E-state index in [4.69, 9.17) is 0 Å².